The maximum Gasteiger partial charge on any atom is 0.326 e. The average Bonchev–Trinajstić information content (AvgIpc) is 3.13. The highest BCUT2D eigenvalue weighted by Crippen LogP contribution is 2.12. The van der Waals surface area contributed by atoms with Crippen LogP contribution in [-0.2, 0) is 44.6 Å². The molecule has 3 rings (SSSR count). The summed E-state index contributed by atoms with van der Waals surface area (Å²) >= 11 is 0. The predicted octanol–water partition coefficient (Wildman–Crippen LogP) is 0.106. The highest BCUT2D eigenvalue weighted by Gasteiger charge is 2.22. The first-order valence-electron chi connectivity index (χ1n) is 16.9. The van der Waals surface area contributed by atoms with E-state index in [1.54, 1.807) is 12.1 Å². The number of ether oxygens (including phenoxy) is 6. The van der Waals surface area contributed by atoms with Gasteiger partial charge in [0, 0.05) is 30.8 Å². The van der Waals surface area contributed by atoms with Gasteiger partial charge >= 0.3 is 5.97 Å². The highest BCUT2D eigenvalue weighted by molar-refractivity contribution is 5.97. The molecule has 0 aliphatic carbocycles. The van der Waals surface area contributed by atoms with Gasteiger partial charge in [0.2, 0.25) is 11.9 Å². The van der Waals surface area contributed by atoms with Crippen LogP contribution in [0.5, 0.6) is 0 Å². The minimum atomic E-state index is -1.27. The second kappa shape index (κ2) is 24.4. The number of aromatic nitrogens is 4. The SMILES string of the molecule is CCOCCOCCOCCOCCOCCOCCNC(=O)CC[C@H](NC(=O)c1ccc(NCc2cnc3nc(N)[nH]c(=O)c3n2)cc1)C(=O)O. The fourth-order valence-electron chi connectivity index (χ4n) is 4.36. The summed E-state index contributed by atoms with van der Waals surface area (Å²) < 4.78 is 32.2. The molecule has 2 aromatic heterocycles. The molecule has 0 saturated heterocycles. The Bertz CT molecular complexity index is 1580. The minimum Gasteiger partial charge on any atom is -0.480 e. The van der Waals surface area contributed by atoms with Crippen LogP contribution in [0.3, 0.4) is 0 Å². The van der Waals surface area contributed by atoms with Crippen molar-refractivity contribution in [2.45, 2.75) is 32.4 Å². The Labute approximate surface area is 300 Å². The van der Waals surface area contributed by atoms with E-state index in [0.717, 1.165) is 0 Å². The van der Waals surface area contributed by atoms with Gasteiger partial charge < -0.3 is 55.2 Å². The minimum absolute atomic E-state index is 0.0539. The molecule has 2 amide bonds. The Kier molecular flexibility index (Phi) is 19.5. The van der Waals surface area contributed by atoms with E-state index in [4.69, 9.17) is 34.2 Å². The van der Waals surface area contributed by atoms with Crippen molar-refractivity contribution < 1.29 is 47.9 Å². The molecule has 0 unspecified atom stereocenters. The number of aromatic amines is 1. The molecule has 3 aromatic rings. The van der Waals surface area contributed by atoms with Gasteiger partial charge in [-0.3, -0.25) is 19.4 Å². The Morgan fingerprint density at radius 1 is 0.846 bits per heavy atom. The number of hydrogen-bond acceptors (Lipinski definition) is 15. The van der Waals surface area contributed by atoms with Crippen molar-refractivity contribution in [3.63, 3.8) is 0 Å². The number of anilines is 2. The molecule has 19 heteroatoms. The Morgan fingerprint density at radius 3 is 2.00 bits per heavy atom. The lowest BCUT2D eigenvalue weighted by molar-refractivity contribution is -0.139. The number of nitrogens with one attached hydrogen (secondary N) is 4. The van der Waals surface area contributed by atoms with Crippen LogP contribution in [0.15, 0.2) is 35.3 Å². The van der Waals surface area contributed by atoms with Gasteiger partial charge in [-0.05, 0) is 37.6 Å². The van der Waals surface area contributed by atoms with Crippen molar-refractivity contribution in [2.75, 3.05) is 96.9 Å². The van der Waals surface area contributed by atoms with Gasteiger partial charge in [-0.2, -0.15) is 4.98 Å². The number of H-pyrrole nitrogens is 1. The second-order valence-corrected chi connectivity index (χ2v) is 10.9. The molecule has 2 heterocycles. The van der Waals surface area contributed by atoms with Crippen LogP contribution in [0, 0.1) is 0 Å². The molecule has 0 fully saturated rings. The van der Waals surface area contributed by atoms with Gasteiger partial charge in [0.25, 0.3) is 11.5 Å². The van der Waals surface area contributed by atoms with Crippen molar-refractivity contribution in [3.05, 3.63) is 52.1 Å². The number of hydrogen-bond donors (Lipinski definition) is 6. The smallest absolute Gasteiger partial charge is 0.326 e. The quantitative estimate of drug-likeness (QED) is 0.0541. The lowest BCUT2D eigenvalue weighted by Crippen LogP contribution is -2.41. The maximum atomic E-state index is 12.7. The highest BCUT2D eigenvalue weighted by atomic mass is 16.6. The van der Waals surface area contributed by atoms with E-state index in [0.29, 0.717) is 84.1 Å². The number of carbonyl (C=O) groups is 3. The third-order valence-electron chi connectivity index (χ3n) is 7.00. The maximum absolute atomic E-state index is 12.7. The Balaban J connectivity index is 1.21. The number of nitrogens with two attached hydrogens (primary N) is 1. The number of nitrogen functional groups attached to an aromatic ring is 1. The van der Waals surface area contributed by atoms with Crippen LogP contribution in [0.25, 0.3) is 11.2 Å². The molecule has 52 heavy (non-hydrogen) atoms. The van der Waals surface area contributed by atoms with E-state index >= 15 is 0 Å². The zero-order valence-electron chi connectivity index (χ0n) is 29.2. The van der Waals surface area contributed by atoms with Crippen molar-refractivity contribution in [2.24, 2.45) is 0 Å². The summed E-state index contributed by atoms with van der Waals surface area (Å²) in [4.78, 5) is 63.5. The monoisotopic (exact) mass is 732 g/mol. The van der Waals surface area contributed by atoms with Crippen LogP contribution in [-0.4, -0.2) is 135 Å². The molecule has 0 bridgehead atoms. The van der Waals surface area contributed by atoms with E-state index in [2.05, 4.69) is 35.9 Å². The standard InChI is InChI=1S/C33H48N8O11/c1-2-47-11-12-49-15-16-51-19-20-52-18-17-50-14-13-48-10-9-35-27(42)8-7-26(32(45)46)39-30(43)23-3-5-24(6-4-23)36-21-25-22-37-29-28(38-25)31(44)41-33(34)40-29/h3-6,22,26,36H,2,7-21H2,1H3,(H,35,42)(H,39,43)(H,45,46)(H3,34,37,40,41,44)/t26-/m0/s1. The van der Waals surface area contributed by atoms with Crippen molar-refractivity contribution in [1.82, 2.24) is 30.6 Å². The number of benzene rings is 1. The average molecular weight is 733 g/mol. The Morgan fingerprint density at radius 2 is 1.42 bits per heavy atom. The van der Waals surface area contributed by atoms with Crippen LogP contribution >= 0.6 is 0 Å². The van der Waals surface area contributed by atoms with E-state index in [9.17, 15) is 24.3 Å². The number of nitrogens with zero attached hydrogens (tertiary/aromatic N) is 3. The number of carboxylic acid groups (broad SMARTS) is 1. The molecule has 0 spiro atoms. The number of carbonyl (C=O) groups excluding carboxylic acids is 2. The lowest BCUT2D eigenvalue weighted by atomic mass is 10.1. The summed E-state index contributed by atoms with van der Waals surface area (Å²) in [6.07, 6.45) is 1.25. The summed E-state index contributed by atoms with van der Waals surface area (Å²) in [5, 5.41) is 17.8. The van der Waals surface area contributed by atoms with Crippen LogP contribution in [0.1, 0.15) is 35.8 Å². The summed E-state index contributed by atoms with van der Waals surface area (Å²) in [7, 11) is 0. The van der Waals surface area contributed by atoms with Gasteiger partial charge in [0.1, 0.15) is 6.04 Å². The molecule has 7 N–H and O–H groups in total. The molecule has 286 valence electrons. The van der Waals surface area contributed by atoms with Crippen LogP contribution < -0.4 is 27.2 Å². The normalized spacial score (nSPS) is 11.7. The molecule has 1 atom stereocenters. The molecule has 0 radical (unpaired) electrons. The van der Waals surface area contributed by atoms with E-state index in [-0.39, 0.29) is 61.1 Å². The second-order valence-electron chi connectivity index (χ2n) is 10.9. The van der Waals surface area contributed by atoms with E-state index < -0.39 is 23.5 Å². The summed E-state index contributed by atoms with van der Waals surface area (Å²) in [6.45, 7) is 7.94. The molecule has 0 aliphatic heterocycles. The zero-order chi connectivity index (χ0) is 37.4. The number of fused-ring (bicyclic) bond motifs is 1. The van der Waals surface area contributed by atoms with Crippen molar-refractivity contribution in [3.8, 4) is 0 Å². The summed E-state index contributed by atoms with van der Waals surface area (Å²) in [5.41, 5.74) is 6.55. The molecular weight excluding hydrogens is 684 g/mol. The topological polar surface area (TPSA) is 260 Å². The first kappa shape index (κ1) is 41.6. The predicted molar refractivity (Wildman–Crippen MR) is 188 cm³/mol. The number of amides is 2. The summed E-state index contributed by atoms with van der Waals surface area (Å²) in [6, 6.07) is 5.04. The third kappa shape index (κ3) is 16.5. The van der Waals surface area contributed by atoms with Gasteiger partial charge in [0.05, 0.1) is 91.1 Å². The first-order valence-corrected chi connectivity index (χ1v) is 16.9. The van der Waals surface area contributed by atoms with E-state index in [1.807, 2.05) is 6.92 Å². The molecule has 0 aliphatic rings. The largest absolute Gasteiger partial charge is 0.480 e. The number of carboxylic acids is 1. The van der Waals surface area contributed by atoms with Gasteiger partial charge in [-0.15, -0.1) is 0 Å². The van der Waals surface area contributed by atoms with Crippen molar-refractivity contribution in [1.29, 1.82) is 0 Å². The van der Waals surface area contributed by atoms with Crippen molar-refractivity contribution >= 4 is 40.6 Å². The molecule has 0 saturated carbocycles. The number of aliphatic carboxylic acids is 1. The Hall–Kier alpha value is -4.79. The van der Waals surface area contributed by atoms with Gasteiger partial charge in [-0.1, -0.05) is 0 Å². The summed E-state index contributed by atoms with van der Waals surface area (Å²) in [5.74, 6) is -2.29. The van der Waals surface area contributed by atoms with Gasteiger partial charge in [-0.25, -0.2) is 14.8 Å². The van der Waals surface area contributed by atoms with Gasteiger partial charge in [0.15, 0.2) is 11.2 Å². The fourth-order valence-corrected chi connectivity index (χ4v) is 4.36. The molecule has 1 aromatic carbocycles. The number of rotatable bonds is 28. The fraction of sp³-hybridized carbons (Fsp3) is 0.545. The molecule has 19 nitrogen and oxygen atoms in total. The third-order valence-corrected chi connectivity index (χ3v) is 7.00. The lowest BCUT2D eigenvalue weighted by Gasteiger charge is -2.15. The zero-order valence-corrected chi connectivity index (χ0v) is 29.2. The van der Waals surface area contributed by atoms with Crippen LogP contribution in [0.4, 0.5) is 11.6 Å². The first-order chi connectivity index (χ1) is 25.3. The molecular formula is C33H48N8O11. The van der Waals surface area contributed by atoms with Crippen LogP contribution in [0.2, 0.25) is 0 Å². The van der Waals surface area contributed by atoms with E-state index in [1.165, 1.54) is 18.3 Å².